The van der Waals surface area contributed by atoms with E-state index in [1.54, 1.807) is 18.2 Å². The molecule has 4 aromatic rings. The number of hydrogen-bond acceptors (Lipinski definition) is 3. The third kappa shape index (κ3) is 3.76. The number of fused-ring (bicyclic) bond motifs is 3. The summed E-state index contributed by atoms with van der Waals surface area (Å²) < 4.78 is 8.14. The quantitative estimate of drug-likeness (QED) is 0.432. The van der Waals surface area contributed by atoms with Crippen molar-refractivity contribution in [2.45, 2.75) is 27.0 Å². The van der Waals surface area contributed by atoms with Gasteiger partial charge in [0.15, 0.2) is 0 Å². The highest BCUT2D eigenvalue weighted by molar-refractivity contribution is 5.92. The number of aromatic carboxylic acids is 1. The Morgan fingerprint density at radius 3 is 2.69 bits per heavy atom. The summed E-state index contributed by atoms with van der Waals surface area (Å²) in [6, 6.07) is 17.4. The minimum atomic E-state index is -0.953. The lowest BCUT2D eigenvalue weighted by Gasteiger charge is -2.12. The maximum absolute atomic E-state index is 11.6. The highest BCUT2D eigenvalue weighted by Crippen LogP contribution is 2.37. The van der Waals surface area contributed by atoms with Crippen LogP contribution in [0.1, 0.15) is 38.2 Å². The molecule has 5 nitrogen and oxygen atoms in total. The average molecular weight is 447 g/mol. The zero-order valence-electron chi connectivity index (χ0n) is 17.8. The Hall–Kier alpha value is -3.57. The van der Waals surface area contributed by atoms with Gasteiger partial charge < -0.3 is 14.4 Å². The molecule has 5 rings (SSSR count). The number of aromatic nitrogens is 2. The van der Waals surface area contributed by atoms with Gasteiger partial charge in [0.1, 0.15) is 12.4 Å². The highest BCUT2D eigenvalue weighted by Gasteiger charge is 2.20. The Morgan fingerprint density at radius 2 is 1.88 bits per heavy atom. The van der Waals surface area contributed by atoms with Crippen LogP contribution >= 0.6 is 12.4 Å². The number of halogens is 1. The summed E-state index contributed by atoms with van der Waals surface area (Å²) in [5.41, 5.74) is 8.64. The lowest BCUT2D eigenvalue weighted by atomic mass is 9.93. The molecule has 0 radical (unpaired) electrons. The van der Waals surface area contributed by atoms with E-state index in [0.717, 1.165) is 33.3 Å². The number of hydrogen-bond donors (Lipinski definition) is 1. The smallest absolute Gasteiger partial charge is 0.335 e. The Kier molecular flexibility index (Phi) is 5.76. The van der Waals surface area contributed by atoms with Gasteiger partial charge in [0.2, 0.25) is 0 Å². The van der Waals surface area contributed by atoms with Gasteiger partial charge in [-0.15, -0.1) is 12.4 Å². The highest BCUT2D eigenvalue weighted by atomic mass is 35.5. The van der Waals surface area contributed by atoms with Crippen LogP contribution in [0, 0.1) is 13.8 Å². The standard InChI is InChI=1S/C26H22N2O3.ClH/c1-16-11-23-24(12-17(16)2)28(15-27-23)10-9-21-20-6-4-3-5-19(20)14-31-25-8-7-18(26(29)30)13-22(21)25;/h3-9,11-13,15H,10,14H2,1-2H3,(H,29,30);1H. The van der Waals surface area contributed by atoms with E-state index in [1.165, 1.54) is 11.1 Å². The van der Waals surface area contributed by atoms with E-state index in [0.29, 0.717) is 18.9 Å². The van der Waals surface area contributed by atoms with Crippen LogP contribution in [0.25, 0.3) is 16.6 Å². The maximum Gasteiger partial charge on any atom is 0.335 e. The predicted molar refractivity (Wildman–Crippen MR) is 128 cm³/mol. The van der Waals surface area contributed by atoms with Crippen molar-refractivity contribution in [1.82, 2.24) is 9.55 Å². The van der Waals surface area contributed by atoms with Gasteiger partial charge in [0.25, 0.3) is 0 Å². The fraction of sp³-hybridized carbons (Fsp3) is 0.154. The number of ether oxygens (including phenoxy) is 1. The summed E-state index contributed by atoms with van der Waals surface area (Å²) in [6.07, 6.45) is 3.99. The van der Waals surface area contributed by atoms with Crippen LogP contribution in [0.4, 0.5) is 0 Å². The van der Waals surface area contributed by atoms with Crippen molar-refractivity contribution in [3.8, 4) is 5.75 Å². The number of benzene rings is 3. The molecule has 0 fully saturated rings. The molecule has 0 unspecified atom stereocenters. The van der Waals surface area contributed by atoms with Gasteiger partial charge in [-0.3, -0.25) is 0 Å². The number of imidazole rings is 1. The maximum atomic E-state index is 11.6. The molecule has 6 heteroatoms. The van der Waals surface area contributed by atoms with Crippen LogP contribution < -0.4 is 4.74 Å². The first-order valence-corrected chi connectivity index (χ1v) is 10.2. The predicted octanol–water partition coefficient (Wildman–Crippen LogP) is 5.80. The molecular weight excluding hydrogens is 424 g/mol. The molecule has 0 atom stereocenters. The van der Waals surface area contributed by atoms with Crippen LogP contribution in [0.15, 0.2) is 67.0 Å². The molecule has 162 valence electrons. The summed E-state index contributed by atoms with van der Waals surface area (Å²) in [5.74, 6) is -0.263. The lowest BCUT2D eigenvalue weighted by Crippen LogP contribution is -2.00. The average Bonchev–Trinajstić information content (AvgIpc) is 3.07. The van der Waals surface area contributed by atoms with E-state index in [2.05, 4.69) is 47.7 Å². The van der Waals surface area contributed by atoms with Crippen molar-refractivity contribution in [3.63, 3.8) is 0 Å². The molecular formula is C26H23ClN2O3. The summed E-state index contributed by atoms with van der Waals surface area (Å²) in [4.78, 5) is 16.2. The molecule has 1 N–H and O–H groups in total. The fourth-order valence-corrected chi connectivity index (χ4v) is 4.08. The normalized spacial score (nSPS) is 13.6. The Morgan fingerprint density at radius 1 is 1.09 bits per heavy atom. The molecule has 0 amide bonds. The number of carboxylic acids is 1. The topological polar surface area (TPSA) is 64.4 Å². The summed E-state index contributed by atoms with van der Waals surface area (Å²) in [5, 5.41) is 9.51. The second kappa shape index (κ2) is 8.52. The lowest BCUT2D eigenvalue weighted by molar-refractivity contribution is 0.0697. The molecule has 32 heavy (non-hydrogen) atoms. The van der Waals surface area contributed by atoms with Crippen LogP contribution in [0.3, 0.4) is 0 Å². The van der Waals surface area contributed by atoms with Gasteiger partial charge in [0, 0.05) is 12.1 Å². The van der Waals surface area contributed by atoms with E-state index < -0.39 is 5.97 Å². The minimum absolute atomic E-state index is 0. The molecule has 1 aromatic heterocycles. The van der Waals surface area contributed by atoms with E-state index in [-0.39, 0.29) is 18.0 Å². The molecule has 1 aliphatic rings. The van der Waals surface area contributed by atoms with Gasteiger partial charge in [-0.05, 0) is 72.0 Å². The van der Waals surface area contributed by atoms with Gasteiger partial charge >= 0.3 is 5.97 Å². The largest absolute Gasteiger partial charge is 0.488 e. The van der Waals surface area contributed by atoms with Crippen LogP contribution in [-0.4, -0.2) is 20.6 Å². The third-order valence-electron chi connectivity index (χ3n) is 5.94. The third-order valence-corrected chi connectivity index (χ3v) is 5.94. The molecule has 0 bridgehead atoms. The number of rotatable bonds is 3. The Balaban J connectivity index is 0.00000245. The summed E-state index contributed by atoms with van der Waals surface area (Å²) in [7, 11) is 0. The SMILES string of the molecule is Cc1cc2ncn(CC=C3c4ccccc4COc4ccc(C(=O)O)cc43)c2cc1C.Cl. The molecule has 0 spiro atoms. The van der Waals surface area contributed by atoms with Gasteiger partial charge in [-0.25, -0.2) is 9.78 Å². The second-order valence-electron chi connectivity index (χ2n) is 7.90. The summed E-state index contributed by atoms with van der Waals surface area (Å²) >= 11 is 0. The van der Waals surface area contributed by atoms with Crippen LogP contribution in [-0.2, 0) is 13.2 Å². The van der Waals surface area contributed by atoms with Crippen molar-refractivity contribution in [1.29, 1.82) is 0 Å². The van der Waals surface area contributed by atoms with Crippen molar-refractivity contribution in [3.05, 3.63) is 100 Å². The number of aryl methyl sites for hydroxylation is 2. The fourth-order valence-electron chi connectivity index (χ4n) is 4.08. The van der Waals surface area contributed by atoms with Crippen molar-refractivity contribution < 1.29 is 14.6 Å². The molecule has 2 heterocycles. The zero-order chi connectivity index (χ0) is 21.5. The zero-order valence-corrected chi connectivity index (χ0v) is 18.6. The number of carboxylic acid groups (broad SMARTS) is 1. The van der Waals surface area contributed by atoms with Gasteiger partial charge in [0.05, 0.1) is 22.9 Å². The molecule has 1 aliphatic heterocycles. The molecule has 3 aromatic carbocycles. The van der Waals surface area contributed by atoms with E-state index >= 15 is 0 Å². The summed E-state index contributed by atoms with van der Waals surface area (Å²) in [6.45, 7) is 5.25. The Labute approximate surface area is 192 Å². The Bertz CT molecular complexity index is 1370. The molecule has 0 saturated carbocycles. The first-order valence-electron chi connectivity index (χ1n) is 10.2. The second-order valence-corrected chi connectivity index (χ2v) is 7.90. The van der Waals surface area contributed by atoms with E-state index in [9.17, 15) is 9.90 Å². The van der Waals surface area contributed by atoms with Gasteiger partial charge in [-0.2, -0.15) is 0 Å². The van der Waals surface area contributed by atoms with Crippen LogP contribution in [0.5, 0.6) is 5.75 Å². The molecule has 0 aliphatic carbocycles. The number of nitrogens with zero attached hydrogens (tertiary/aromatic N) is 2. The first kappa shape index (κ1) is 21.7. The molecule has 0 saturated heterocycles. The van der Waals surface area contributed by atoms with Crippen molar-refractivity contribution in [2.75, 3.05) is 0 Å². The minimum Gasteiger partial charge on any atom is -0.488 e. The van der Waals surface area contributed by atoms with E-state index in [4.69, 9.17) is 4.74 Å². The number of carbonyl (C=O) groups is 1. The van der Waals surface area contributed by atoms with Crippen molar-refractivity contribution in [2.24, 2.45) is 0 Å². The number of allylic oxidation sites excluding steroid dienone is 1. The van der Waals surface area contributed by atoms with Crippen molar-refractivity contribution >= 4 is 35.0 Å². The monoisotopic (exact) mass is 446 g/mol. The van der Waals surface area contributed by atoms with Crippen LogP contribution in [0.2, 0.25) is 0 Å². The first-order chi connectivity index (χ1) is 15.0. The van der Waals surface area contributed by atoms with E-state index in [1.807, 2.05) is 24.5 Å². The van der Waals surface area contributed by atoms with Gasteiger partial charge in [-0.1, -0.05) is 30.3 Å².